The van der Waals surface area contributed by atoms with Gasteiger partial charge >= 0.3 is 0 Å². The molecule has 0 bridgehead atoms. The van der Waals surface area contributed by atoms with Crippen molar-refractivity contribution in [1.82, 2.24) is 0 Å². The van der Waals surface area contributed by atoms with Gasteiger partial charge in [0.1, 0.15) is 5.75 Å². The number of hydrogen-bond acceptors (Lipinski definition) is 6. The molecular weight excluding hydrogens is 540 g/mol. The highest BCUT2D eigenvalue weighted by atomic mass is 16.3. The number of rotatable bonds is 4. The zero-order valence-corrected chi connectivity index (χ0v) is 23.8. The summed E-state index contributed by atoms with van der Waals surface area (Å²) in [6.45, 7) is 3.44. The van der Waals surface area contributed by atoms with E-state index < -0.39 is 23.7 Å². The van der Waals surface area contributed by atoms with Crippen molar-refractivity contribution in [2.24, 2.45) is 17.8 Å². The molecular formula is C36H30N2O5. The number of nitrogens with one attached hydrogen (secondary N) is 1. The number of benzene rings is 3. The van der Waals surface area contributed by atoms with Gasteiger partial charge in [-0.15, -0.1) is 0 Å². The maximum Gasteiger partial charge on any atom is 0.238 e. The quantitative estimate of drug-likeness (QED) is 0.224. The van der Waals surface area contributed by atoms with Gasteiger partial charge in [-0.05, 0) is 92.3 Å². The number of allylic oxidation sites excluding steroid dienone is 6. The molecule has 0 radical (unpaired) electrons. The van der Waals surface area contributed by atoms with Crippen molar-refractivity contribution < 1.29 is 24.3 Å². The van der Waals surface area contributed by atoms with E-state index in [0.717, 1.165) is 22.5 Å². The van der Waals surface area contributed by atoms with E-state index in [1.54, 1.807) is 38.1 Å². The fraction of sp³-hybridized carbons (Fsp3) is 0.222. The maximum atomic E-state index is 14.1. The molecule has 4 unspecified atom stereocenters. The number of carbonyl (C=O) groups is 4. The Kier molecular flexibility index (Phi) is 6.27. The number of nitrogens with zero attached hydrogens (tertiary/aromatic N) is 1. The number of phenols is 1. The lowest BCUT2D eigenvalue weighted by Gasteiger charge is -2.42. The third-order valence-electron chi connectivity index (χ3n) is 9.31. The highest BCUT2D eigenvalue weighted by Gasteiger charge is 2.56. The van der Waals surface area contributed by atoms with Crippen LogP contribution in [0.5, 0.6) is 5.75 Å². The fourth-order valence-corrected chi connectivity index (χ4v) is 7.24. The Morgan fingerprint density at radius 2 is 1.56 bits per heavy atom. The van der Waals surface area contributed by atoms with Crippen LogP contribution in [-0.2, 0) is 19.2 Å². The second kappa shape index (κ2) is 10.1. The Labute approximate surface area is 249 Å². The van der Waals surface area contributed by atoms with Gasteiger partial charge in [0.15, 0.2) is 11.6 Å². The van der Waals surface area contributed by atoms with Gasteiger partial charge in [-0.3, -0.25) is 24.1 Å². The molecule has 4 aliphatic rings. The first-order valence-electron chi connectivity index (χ1n) is 14.5. The number of phenolic OH excluding ortho intramolecular Hbond substituents is 1. The SMILES string of the molecule is CC1=CC(=O)C2=C(C1=O)C(c1ccc(O)c(C)c1)C1=CCC3C(=O)N(c4ccc(Nc5ccccc5)cc4)C(=O)C3C1C2. The summed E-state index contributed by atoms with van der Waals surface area (Å²) in [5.74, 6) is -2.89. The fourth-order valence-electron chi connectivity index (χ4n) is 7.24. The smallest absolute Gasteiger partial charge is 0.238 e. The van der Waals surface area contributed by atoms with Crippen molar-refractivity contribution >= 4 is 40.4 Å². The Bertz CT molecular complexity index is 1820. The topological polar surface area (TPSA) is 104 Å². The van der Waals surface area contributed by atoms with Crippen molar-refractivity contribution in [3.63, 3.8) is 0 Å². The number of Topliss-reactive ketones (excluding diaryl/α,β-unsaturated/α-hetero) is 1. The van der Waals surface area contributed by atoms with Crippen LogP contribution >= 0.6 is 0 Å². The minimum Gasteiger partial charge on any atom is -0.508 e. The van der Waals surface area contributed by atoms with Crippen LogP contribution in [0.15, 0.2) is 107 Å². The molecule has 1 aliphatic heterocycles. The summed E-state index contributed by atoms with van der Waals surface area (Å²) in [4.78, 5) is 56.1. The normalized spacial score (nSPS) is 24.7. The molecule has 4 atom stereocenters. The summed E-state index contributed by atoms with van der Waals surface area (Å²) >= 11 is 0. The molecule has 7 nitrogen and oxygen atoms in total. The van der Waals surface area contributed by atoms with E-state index in [4.69, 9.17) is 0 Å². The molecule has 3 aromatic carbocycles. The van der Waals surface area contributed by atoms with Gasteiger partial charge in [-0.25, -0.2) is 0 Å². The molecule has 0 spiro atoms. The van der Waals surface area contributed by atoms with E-state index in [1.807, 2.05) is 54.6 Å². The average Bonchev–Trinajstić information content (AvgIpc) is 3.26. The molecule has 7 heteroatoms. The Balaban J connectivity index is 1.25. The van der Waals surface area contributed by atoms with Crippen LogP contribution < -0.4 is 10.2 Å². The summed E-state index contributed by atoms with van der Waals surface area (Å²) in [5.41, 5.74) is 5.86. The summed E-state index contributed by atoms with van der Waals surface area (Å²) in [7, 11) is 0. The van der Waals surface area contributed by atoms with Gasteiger partial charge in [-0.2, -0.15) is 0 Å². The Morgan fingerprint density at radius 3 is 2.28 bits per heavy atom. The number of anilines is 3. The molecule has 1 heterocycles. The average molecular weight is 571 g/mol. The van der Waals surface area contributed by atoms with E-state index in [1.165, 1.54) is 11.0 Å². The monoisotopic (exact) mass is 570 g/mol. The van der Waals surface area contributed by atoms with Crippen LogP contribution in [0.4, 0.5) is 17.1 Å². The first-order valence-corrected chi connectivity index (χ1v) is 14.5. The second-order valence-electron chi connectivity index (χ2n) is 11.8. The van der Waals surface area contributed by atoms with Gasteiger partial charge in [0.2, 0.25) is 11.8 Å². The molecule has 2 amide bonds. The Morgan fingerprint density at radius 1 is 0.837 bits per heavy atom. The number of ketones is 2. The predicted octanol–water partition coefficient (Wildman–Crippen LogP) is 6.08. The number of fused-ring (bicyclic) bond motifs is 3. The van der Waals surface area contributed by atoms with Gasteiger partial charge in [-0.1, -0.05) is 42.0 Å². The third kappa shape index (κ3) is 4.26. The highest BCUT2D eigenvalue weighted by Crippen LogP contribution is 2.55. The zero-order valence-electron chi connectivity index (χ0n) is 23.8. The second-order valence-corrected chi connectivity index (χ2v) is 11.8. The molecule has 0 aromatic heterocycles. The lowest BCUT2D eigenvalue weighted by atomic mass is 9.59. The number of amides is 2. The minimum absolute atomic E-state index is 0.141. The maximum absolute atomic E-state index is 14.1. The van der Waals surface area contributed by atoms with Gasteiger partial charge < -0.3 is 10.4 Å². The number of aromatic hydroxyl groups is 1. The van der Waals surface area contributed by atoms with E-state index in [9.17, 15) is 24.3 Å². The van der Waals surface area contributed by atoms with Gasteiger partial charge in [0, 0.05) is 34.0 Å². The minimum atomic E-state index is -0.640. The number of hydrogen-bond donors (Lipinski definition) is 2. The van der Waals surface area contributed by atoms with Crippen LogP contribution in [0.3, 0.4) is 0 Å². The molecule has 3 aromatic rings. The summed E-state index contributed by atoms with van der Waals surface area (Å²) in [6.07, 6.45) is 4.00. The lowest BCUT2D eigenvalue weighted by molar-refractivity contribution is -0.123. The number of aryl methyl sites for hydroxylation is 1. The molecule has 43 heavy (non-hydrogen) atoms. The molecule has 1 fully saturated rings. The molecule has 0 saturated carbocycles. The summed E-state index contributed by atoms with van der Waals surface area (Å²) in [5, 5.41) is 13.5. The molecule has 7 rings (SSSR count). The highest BCUT2D eigenvalue weighted by molar-refractivity contribution is 6.25. The van der Waals surface area contributed by atoms with Crippen LogP contribution in [0.25, 0.3) is 0 Å². The number of para-hydroxylation sites is 1. The molecule has 2 N–H and O–H groups in total. The summed E-state index contributed by atoms with van der Waals surface area (Å²) < 4.78 is 0. The van der Waals surface area contributed by atoms with Gasteiger partial charge in [0.25, 0.3) is 0 Å². The van der Waals surface area contributed by atoms with Crippen LogP contribution in [0.1, 0.15) is 36.8 Å². The molecule has 3 aliphatic carbocycles. The van der Waals surface area contributed by atoms with E-state index in [-0.39, 0.29) is 35.6 Å². The van der Waals surface area contributed by atoms with Crippen molar-refractivity contribution in [3.8, 4) is 5.75 Å². The van der Waals surface area contributed by atoms with Crippen molar-refractivity contribution in [1.29, 1.82) is 0 Å². The van der Waals surface area contributed by atoms with E-state index in [2.05, 4.69) is 5.32 Å². The van der Waals surface area contributed by atoms with Gasteiger partial charge in [0.05, 0.1) is 17.5 Å². The lowest BCUT2D eigenvalue weighted by Crippen LogP contribution is -2.39. The third-order valence-corrected chi connectivity index (χ3v) is 9.31. The molecule has 214 valence electrons. The first kappa shape index (κ1) is 26.8. The summed E-state index contributed by atoms with van der Waals surface area (Å²) in [6, 6.07) is 22.2. The zero-order chi connectivity index (χ0) is 30.0. The standard InChI is InChI=1S/C36H30N2O5/c1-19-16-21(8-15-29(19)39)31-25-13-14-26-32(27(25)18-28-30(40)17-20(2)34(41)33(28)31)36(43)38(35(26)42)24-11-9-23(10-12-24)37-22-6-4-3-5-7-22/h3-13,15-17,26-27,31-32,37,39H,14,18H2,1-2H3. The Hall–Kier alpha value is -5.04. The van der Waals surface area contributed by atoms with Crippen LogP contribution in [0.2, 0.25) is 0 Å². The van der Waals surface area contributed by atoms with E-state index in [0.29, 0.717) is 34.4 Å². The first-order chi connectivity index (χ1) is 20.7. The molecule has 1 saturated heterocycles. The van der Waals surface area contributed by atoms with Crippen molar-refractivity contribution in [2.75, 3.05) is 10.2 Å². The van der Waals surface area contributed by atoms with Crippen molar-refractivity contribution in [2.45, 2.75) is 32.6 Å². The number of imide groups is 1. The number of carbonyl (C=O) groups excluding carboxylic acids is 4. The predicted molar refractivity (Wildman–Crippen MR) is 163 cm³/mol. The largest absolute Gasteiger partial charge is 0.508 e. The van der Waals surface area contributed by atoms with Crippen LogP contribution in [0, 0.1) is 24.7 Å². The van der Waals surface area contributed by atoms with Crippen LogP contribution in [-0.4, -0.2) is 28.5 Å². The van der Waals surface area contributed by atoms with E-state index >= 15 is 0 Å². The van der Waals surface area contributed by atoms with Crippen molar-refractivity contribution in [3.05, 3.63) is 118 Å².